The lowest BCUT2D eigenvalue weighted by Crippen LogP contribution is -2.12. The maximum Gasteiger partial charge on any atom is 0.224 e. The molecule has 0 aliphatic carbocycles. The van der Waals surface area contributed by atoms with E-state index in [-0.39, 0.29) is 0 Å². The monoisotopic (exact) mass is 228 g/mol. The highest BCUT2D eigenvalue weighted by molar-refractivity contribution is 5.60. The maximum atomic E-state index is 4.40. The largest absolute Gasteiger partial charge is 0.357 e. The lowest BCUT2D eigenvalue weighted by molar-refractivity contribution is 1.07. The molecule has 0 amide bonds. The van der Waals surface area contributed by atoms with Crippen molar-refractivity contribution in [3.63, 3.8) is 0 Å². The van der Waals surface area contributed by atoms with Gasteiger partial charge in [-0.25, -0.2) is 4.98 Å². The van der Waals surface area contributed by atoms with Crippen molar-refractivity contribution in [3.05, 3.63) is 42.1 Å². The zero-order valence-corrected chi connectivity index (χ0v) is 10.3. The van der Waals surface area contributed by atoms with E-state index in [1.54, 1.807) is 6.20 Å². The fourth-order valence-corrected chi connectivity index (χ4v) is 1.63. The summed E-state index contributed by atoms with van der Waals surface area (Å²) in [4.78, 5) is 10.5. The van der Waals surface area contributed by atoms with E-state index >= 15 is 0 Å². The SMILES string of the molecule is CNc1nccc(N(C)c2cccc(C)c2)n1. The Labute approximate surface area is 101 Å². The molecule has 4 heteroatoms. The molecule has 0 fully saturated rings. The molecule has 0 bridgehead atoms. The van der Waals surface area contributed by atoms with Crippen molar-refractivity contribution >= 4 is 17.5 Å². The topological polar surface area (TPSA) is 41.1 Å². The molecule has 2 rings (SSSR count). The Morgan fingerprint density at radius 3 is 2.76 bits per heavy atom. The first kappa shape index (κ1) is 11.4. The summed E-state index contributed by atoms with van der Waals surface area (Å²) >= 11 is 0. The predicted molar refractivity (Wildman–Crippen MR) is 70.8 cm³/mol. The predicted octanol–water partition coefficient (Wildman–Crippen LogP) is 2.59. The average Bonchev–Trinajstić information content (AvgIpc) is 2.38. The van der Waals surface area contributed by atoms with Crippen LogP contribution < -0.4 is 10.2 Å². The third-order valence-corrected chi connectivity index (χ3v) is 2.60. The highest BCUT2D eigenvalue weighted by atomic mass is 15.2. The molecule has 1 N–H and O–H groups in total. The number of aromatic nitrogens is 2. The summed E-state index contributed by atoms with van der Waals surface area (Å²) in [7, 11) is 3.81. The fraction of sp³-hybridized carbons (Fsp3) is 0.231. The Bertz CT molecular complexity index is 510. The van der Waals surface area contributed by atoms with E-state index in [1.165, 1.54) is 5.56 Å². The fourth-order valence-electron chi connectivity index (χ4n) is 1.63. The van der Waals surface area contributed by atoms with Crippen molar-refractivity contribution in [3.8, 4) is 0 Å². The minimum Gasteiger partial charge on any atom is -0.357 e. The van der Waals surface area contributed by atoms with Gasteiger partial charge < -0.3 is 10.2 Å². The highest BCUT2D eigenvalue weighted by Crippen LogP contribution is 2.22. The van der Waals surface area contributed by atoms with E-state index in [1.807, 2.05) is 31.1 Å². The summed E-state index contributed by atoms with van der Waals surface area (Å²) in [5.74, 6) is 1.50. The van der Waals surface area contributed by atoms with Crippen LogP contribution in [0.3, 0.4) is 0 Å². The minimum absolute atomic E-state index is 0.627. The first-order valence-electron chi connectivity index (χ1n) is 5.52. The van der Waals surface area contributed by atoms with E-state index in [4.69, 9.17) is 0 Å². The molecule has 0 saturated heterocycles. The second-order valence-corrected chi connectivity index (χ2v) is 3.89. The number of benzene rings is 1. The summed E-state index contributed by atoms with van der Waals surface area (Å²) in [5.41, 5.74) is 2.35. The van der Waals surface area contributed by atoms with Crippen LogP contribution in [0.4, 0.5) is 17.5 Å². The summed E-state index contributed by atoms with van der Waals surface area (Å²) in [6.45, 7) is 2.08. The molecular weight excluding hydrogens is 212 g/mol. The summed E-state index contributed by atoms with van der Waals surface area (Å²) in [6, 6.07) is 10.2. The van der Waals surface area contributed by atoms with Crippen LogP contribution in [-0.2, 0) is 0 Å². The number of rotatable bonds is 3. The third kappa shape index (κ3) is 2.53. The van der Waals surface area contributed by atoms with Gasteiger partial charge in [-0.2, -0.15) is 4.98 Å². The zero-order valence-electron chi connectivity index (χ0n) is 10.3. The maximum absolute atomic E-state index is 4.40. The summed E-state index contributed by atoms with van der Waals surface area (Å²) < 4.78 is 0. The Balaban J connectivity index is 2.33. The number of aryl methyl sites for hydroxylation is 1. The van der Waals surface area contributed by atoms with Gasteiger partial charge in [0.05, 0.1) is 0 Å². The van der Waals surface area contributed by atoms with Gasteiger partial charge in [-0.15, -0.1) is 0 Å². The lowest BCUT2D eigenvalue weighted by atomic mass is 10.2. The van der Waals surface area contributed by atoms with Gasteiger partial charge in [0.1, 0.15) is 5.82 Å². The first-order valence-corrected chi connectivity index (χ1v) is 5.52. The van der Waals surface area contributed by atoms with Crippen LogP contribution in [0.5, 0.6) is 0 Å². The number of nitrogens with zero attached hydrogens (tertiary/aromatic N) is 3. The van der Waals surface area contributed by atoms with Crippen LogP contribution >= 0.6 is 0 Å². The van der Waals surface area contributed by atoms with Crippen molar-refractivity contribution in [1.29, 1.82) is 0 Å². The van der Waals surface area contributed by atoms with Crippen molar-refractivity contribution in [2.45, 2.75) is 6.92 Å². The third-order valence-electron chi connectivity index (χ3n) is 2.60. The highest BCUT2D eigenvalue weighted by Gasteiger charge is 2.06. The molecular formula is C13H16N4. The lowest BCUT2D eigenvalue weighted by Gasteiger charge is -2.18. The van der Waals surface area contributed by atoms with Crippen LogP contribution in [0, 0.1) is 6.92 Å². The van der Waals surface area contributed by atoms with Gasteiger partial charge in [0.2, 0.25) is 5.95 Å². The van der Waals surface area contributed by atoms with Gasteiger partial charge in [-0.3, -0.25) is 0 Å². The molecule has 0 atom stereocenters. The first-order chi connectivity index (χ1) is 8.20. The molecule has 0 saturated carbocycles. The molecule has 17 heavy (non-hydrogen) atoms. The van der Waals surface area contributed by atoms with Gasteiger partial charge in [0.15, 0.2) is 0 Å². The molecule has 0 aliphatic rings. The Morgan fingerprint density at radius 2 is 2.06 bits per heavy atom. The number of hydrogen-bond acceptors (Lipinski definition) is 4. The average molecular weight is 228 g/mol. The molecule has 0 spiro atoms. The van der Waals surface area contributed by atoms with Crippen molar-refractivity contribution in [2.24, 2.45) is 0 Å². The van der Waals surface area contributed by atoms with E-state index in [0.717, 1.165) is 11.5 Å². The Morgan fingerprint density at radius 1 is 1.24 bits per heavy atom. The van der Waals surface area contributed by atoms with Gasteiger partial charge in [0.25, 0.3) is 0 Å². The van der Waals surface area contributed by atoms with Crippen LogP contribution in [0.2, 0.25) is 0 Å². The van der Waals surface area contributed by atoms with E-state index in [2.05, 4.69) is 40.4 Å². The van der Waals surface area contributed by atoms with E-state index < -0.39 is 0 Å². The summed E-state index contributed by atoms with van der Waals surface area (Å²) in [6.07, 6.45) is 1.75. The zero-order chi connectivity index (χ0) is 12.3. The van der Waals surface area contributed by atoms with Gasteiger partial charge >= 0.3 is 0 Å². The smallest absolute Gasteiger partial charge is 0.224 e. The van der Waals surface area contributed by atoms with E-state index in [9.17, 15) is 0 Å². The van der Waals surface area contributed by atoms with Gasteiger partial charge in [-0.1, -0.05) is 12.1 Å². The second kappa shape index (κ2) is 4.82. The van der Waals surface area contributed by atoms with Crippen molar-refractivity contribution in [2.75, 3.05) is 24.3 Å². The molecule has 1 aromatic heterocycles. The quantitative estimate of drug-likeness (QED) is 0.876. The number of hydrogen-bond donors (Lipinski definition) is 1. The standard InChI is InChI=1S/C13H16N4/c1-10-5-4-6-11(9-10)17(3)12-7-8-15-13(14-2)16-12/h4-9H,1-3H3,(H,14,15,16). The van der Waals surface area contributed by atoms with E-state index in [0.29, 0.717) is 5.95 Å². The molecule has 4 nitrogen and oxygen atoms in total. The second-order valence-electron chi connectivity index (χ2n) is 3.89. The molecule has 1 heterocycles. The van der Waals surface area contributed by atoms with Gasteiger partial charge in [-0.05, 0) is 30.7 Å². The van der Waals surface area contributed by atoms with Crippen molar-refractivity contribution < 1.29 is 0 Å². The molecule has 1 aromatic carbocycles. The molecule has 0 unspecified atom stereocenters. The van der Waals surface area contributed by atoms with Crippen LogP contribution in [0.15, 0.2) is 36.5 Å². The van der Waals surface area contributed by atoms with Crippen LogP contribution in [0.1, 0.15) is 5.56 Å². The Kier molecular flexibility index (Phi) is 3.23. The van der Waals surface area contributed by atoms with Crippen LogP contribution in [0.25, 0.3) is 0 Å². The van der Waals surface area contributed by atoms with Crippen LogP contribution in [-0.4, -0.2) is 24.1 Å². The normalized spacial score (nSPS) is 10.1. The number of anilines is 3. The number of nitrogens with one attached hydrogen (secondary N) is 1. The molecule has 2 aromatic rings. The van der Waals surface area contributed by atoms with Crippen molar-refractivity contribution in [1.82, 2.24) is 9.97 Å². The summed E-state index contributed by atoms with van der Waals surface area (Å²) in [5, 5.41) is 2.94. The minimum atomic E-state index is 0.627. The Hall–Kier alpha value is -2.10. The molecule has 0 aliphatic heterocycles. The molecule has 0 radical (unpaired) electrons. The molecule has 88 valence electrons. The van der Waals surface area contributed by atoms with Gasteiger partial charge in [0, 0.05) is 26.0 Å².